The van der Waals surface area contributed by atoms with Gasteiger partial charge in [0.15, 0.2) is 0 Å². The van der Waals surface area contributed by atoms with Gasteiger partial charge in [0, 0.05) is 35.3 Å². The summed E-state index contributed by atoms with van der Waals surface area (Å²) in [5.41, 5.74) is 13.1. The molecule has 1 atom stereocenters. The highest BCUT2D eigenvalue weighted by Gasteiger charge is 2.30. The Balaban J connectivity index is 1.56. The largest absolute Gasteiger partial charge is 0.367 e. The van der Waals surface area contributed by atoms with Crippen molar-refractivity contribution in [2.75, 3.05) is 13.1 Å². The molecule has 190 valence electrons. The molecule has 1 unspecified atom stereocenters. The van der Waals surface area contributed by atoms with Crippen molar-refractivity contribution in [3.63, 3.8) is 0 Å². The van der Waals surface area contributed by atoms with E-state index in [9.17, 15) is 0 Å². The van der Waals surface area contributed by atoms with Gasteiger partial charge in [0.05, 0.1) is 12.2 Å². The molecule has 2 heteroatoms. The van der Waals surface area contributed by atoms with E-state index in [1.165, 1.54) is 76.5 Å². The third kappa shape index (κ3) is 4.31. The first kappa shape index (κ1) is 24.1. The fourth-order valence-electron chi connectivity index (χ4n) is 7.06. The molecule has 1 saturated heterocycles. The molecule has 0 bridgehead atoms. The summed E-state index contributed by atoms with van der Waals surface area (Å²) in [4.78, 5) is 2.46. The summed E-state index contributed by atoms with van der Waals surface area (Å²) in [5, 5.41) is 1.42. The first-order valence-corrected chi connectivity index (χ1v) is 14.1. The highest BCUT2D eigenvalue weighted by molar-refractivity contribution is 5.96. The van der Waals surface area contributed by atoms with Gasteiger partial charge in [-0.05, 0) is 72.4 Å². The summed E-state index contributed by atoms with van der Waals surface area (Å²) >= 11 is 0. The number of allylic oxidation sites excluding steroid dienone is 2. The van der Waals surface area contributed by atoms with Crippen LogP contribution in [0.3, 0.4) is 0 Å². The SMILES string of the molecule is C=C1CC(C)CN(C(=C)C2=Cc3ccccc3-c3c(C4CCCCC4)c4ccc(C(=C)C)cc4n3C2)C1. The van der Waals surface area contributed by atoms with Gasteiger partial charge >= 0.3 is 0 Å². The van der Waals surface area contributed by atoms with Gasteiger partial charge in [-0.1, -0.05) is 93.5 Å². The van der Waals surface area contributed by atoms with Crippen LogP contribution in [0.2, 0.25) is 0 Å². The summed E-state index contributed by atoms with van der Waals surface area (Å²) in [6.45, 7) is 20.5. The lowest BCUT2D eigenvalue weighted by Crippen LogP contribution is -2.35. The van der Waals surface area contributed by atoms with E-state index < -0.39 is 0 Å². The highest BCUT2D eigenvalue weighted by Crippen LogP contribution is 2.47. The van der Waals surface area contributed by atoms with E-state index in [2.05, 4.69) is 91.6 Å². The van der Waals surface area contributed by atoms with Gasteiger partial charge in [0.25, 0.3) is 0 Å². The molecule has 3 aromatic rings. The average Bonchev–Trinajstić information content (AvgIpc) is 3.10. The second-order valence-corrected chi connectivity index (χ2v) is 11.8. The molecule has 6 rings (SSSR count). The van der Waals surface area contributed by atoms with Crippen LogP contribution >= 0.6 is 0 Å². The number of fused-ring (bicyclic) bond motifs is 5. The molecule has 1 aliphatic carbocycles. The molecule has 2 aromatic carbocycles. The zero-order chi connectivity index (χ0) is 25.7. The molecule has 3 heterocycles. The number of benzene rings is 2. The molecule has 0 N–H and O–H groups in total. The predicted octanol–water partition coefficient (Wildman–Crippen LogP) is 9.20. The van der Waals surface area contributed by atoms with E-state index in [-0.39, 0.29) is 0 Å². The van der Waals surface area contributed by atoms with Crippen molar-refractivity contribution in [3.8, 4) is 11.3 Å². The van der Waals surface area contributed by atoms with Crippen LogP contribution < -0.4 is 0 Å². The molecule has 3 aliphatic rings. The van der Waals surface area contributed by atoms with Crippen molar-refractivity contribution in [1.82, 2.24) is 9.47 Å². The Labute approximate surface area is 222 Å². The normalized spacial score (nSPS) is 20.3. The molecule has 2 fully saturated rings. The minimum atomic E-state index is 0.607. The minimum Gasteiger partial charge on any atom is -0.367 e. The zero-order valence-electron chi connectivity index (χ0n) is 22.7. The van der Waals surface area contributed by atoms with Gasteiger partial charge in [-0.15, -0.1) is 0 Å². The summed E-state index contributed by atoms with van der Waals surface area (Å²) < 4.78 is 2.61. The Bertz CT molecular complexity index is 1440. The molecule has 37 heavy (non-hydrogen) atoms. The Morgan fingerprint density at radius 1 is 0.973 bits per heavy atom. The van der Waals surface area contributed by atoms with E-state index in [1.54, 1.807) is 5.56 Å². The second-order valence-electron chi connectivity index (χ2n) is 11.8. The van der Waals surface area contributed by atoms with Crippen LogP contribution in [0, 0.1) is 5.92 Å². The third-order valence-corrected chi connectivity index (χ3v) is 8.82. The second kappa shape index (κ2) is 9.56. The number of hydrogen-bond acceptors (Lipinski definition) is 1. The molecule has 1 aromatic heterocycles. The van der Waals surface area contributed by atoms with Gasteiger partial charge in [0.2, 0.25) is 0 Å². The Morgan fingerprint density at radius 3 is 2.51 bits per heavy atom. The maximum Gasteiger partial charge on any atom is 0.0535 e. The molecule has 0 amide bonds. The lowest BCUT2D eigenvalue weighted by Gasteiger charge is -2.36. The predicted molar refractivity (Wildman–Crippen MR) is 160 cm³/mol. The minimum absolute atomic E-state index is 0.607. The summed E-state index contributed by atoms with van der Waals surface area (Å²) in [5.74, 6) is 1.22. The lowest BCUT2D eigenvalue weighted by molar-refractivity contribution is 0.278. The van der Waals surface area contributed by atoms with Gasteiger partial charge < -0.3 is 9.47 Å². The van der Waals surface area contributed by atoms with Crippen molar-refractivity contribution in [3.05, 3.63) is 95.7 Å². The van der Waals surface area contributed by atoms with Crippen molar-refractivity contribution in [2.45, 2.75) is 64.8 Å². The van der Waals surface area contributed by atoms with Crippen molar-refractivity contribution in [2.24, 2.45) is 5.92 Å². The van der Waals surface area contributed by atoms with Crippen LogP contribution in [-0.2, 0) is 6.54 Å². The van der Waals surface area contributed by atoms with Crippen molar-refractivity contribution in [1.29, 1.82) is 0 Å². The van der Waals surface area contributed by atoms with Crippen LogP contribution in [0.25, 0.3) is 33.8 Å². The number of piperidine rings is 1. The van der Waals surface area contributed by atoms with Gasteiger partial charge in [-0.25, -0.2) is 0 Å². The number of hydrogen-bond donors (Lipinski definition) is 0. The number of likely N-dealkylation sites (tertiary alicyclic amines) is 1. The molecular weight excluding hydrogens is 448 g/mol. The van der Waals surface area contributed by atoms with Gasteiger partial charge in [-0.2, -0.15) is 0 Å². The molecule has 1 saturated carbocycles. The Kier molecular flexibility index (Phi) is 6.23. The Hall–Kier alpha value is -3.26. The first-order chi connectivity index (χ1) is 17.9. The fourth-order valence-corrected chi connectivity index (χ4v) is 7.06. The summed E-state index contributed by atoms with van der Waals surface area (Å²) in [6.07, 6.45) is 10.1. The van der Waals surface area contributed by atoms with Crippen LogP contribution in [0.5, 0.6) is 0 Å². The number of nitrogens with zero attached hydrogens (tertiary/aromatic N) is 2. The lowest BCUT2D eigenvalue weighted by atomic mass is 9.81. The van der Waals surface area contributed by atoms with Crippen molar-refractivity contribution >= 4 is 22.6 Å². The van der Waals surface area contributed by atoms with E-state index in [4.69, 9.17) is 0 Å². The third-order valence-electron chi connectivity index (χ3n) is 8.82. The quantitative estimate of drug-likeness (QED) is 0.332. The molecule has 2 nitrogen and oxygen atoms in total. The smallest absolute Gasteiger partial charge is 0.0535 e. The van der Waals surface area contributed by atoms with Gasteiger partial charge in [0.1, 0.15) is 0 Å². The first-order valence-electron chi connectivity index (χ1n) is 14.1. The standard InChI is InChI=1S/C35H40N2/c1-23(2)28-15-16-32-33(19-28)37-22-30(26(5)36-20-24(3)17-25(4)21-36)18-29-13-9-10-14-31(29)35(37)34(32)27-11-7-6-8-12-27/h9-10,13-16,18-19,25,27H,1,3,5-8,11-12,17,20-22H2,2,4H3. The average molecular weight is 489 g/mol. The maximum absolute atomic E-state index is 4.67. The Morgan fingerprint density at radius 2 is 1.76 bits per heavy atom. The van der Waals surface area contributed by atoms with Crippen molar-refractivity contribution < 1.29 is 0 Å². The van der Waals surface area contributed by atoms with Crippen LogP contribution in [-0.4, -0.2) is 22.6 Å². The van der Waals surface area contributed by atoms with E-state index in [0.29, 0.717) is 11.8 Å². The molecule has 2 aliphatic heterocycles. The van der Waals surface area contributed by atoms with E-state index >= 15 is 0 Å². The maximum atomic E-state index is 4.67. The molecular formula is C35H40N2. The van der Waals surface area contributed by atoms with Crippen LogP contribution in [0.4, 0.5) is 0 Å². The molecule has 0 radical (unpaired) electrons. The number of rotatable bonds is 4. The van der Waals surface area contributed by atoms with Gasteiger partial charge in [-0.3, -0.25) is 0 Å². The van der Waals surface area contributed by atoms with E-state index in [0.717, 1.165) is 37.3 Å². The summed E-state index contributed by atoms with van der Waals surface area (Å²) in [6, 6.07) is 16.0. The van der Waals surface area contributed by atoms with Crippen LogP contribution in [0.15, 0.2) is 79.0 Å². The number of aromatic nitrogens is 1. The molecule has 0 spiro atoms. The van der Waals surface area contributed by atoms with Crippen LogP contribution in [0.1, 0.15) is 75.0 Å². The summed E-state index contributed by atoms with van der Waals surface area (Å²) in [7, 11) is 0. The van der Waals surface area contributed by atoms with E-state index in [1.807, 2.05) is 0 Å². The monoisotopic (exact) mass is 488 g/mol. The highest BCUT2D eigenvalue weighted by atomic mass is 15.2. The fraction of sp³-hybridized carbons (Fsp3) is 0.371. The topological polar surface area (TPSA) is 8.17 Å². The zero-order valence-corrected chi connectivity index (χ0v) is 22.7.